The van der Waals surface area contributed by atoms with Crippen molar-refractivity contribution in [2.75, 3.05) is 11.7 Å². The number of aryl methyl sites for hydroxylation is 1. The molecule has 1 aliphatic rings. The maximum atomic E-state index is 13.9. The first-order valence-corrected chi connectivity index (χ1v) is 11.1. The van der Waals surface area contributed by atoms with Gasteiger partial charge in [-0.1, -0.05) is 49.6 Å². The Labute approximate surface area is 181 Å². The number of rotatable bonds is 6. The molecule has 1 heterocycles. The second-order valence-corrected chi connectivity index (χ2v) is 8.45. The molecule has 0 spiro atoms. The van der Waals surface area contributed by atoms with Crippen LogP contribution >= 0.6 is 0 Å². The molecule has 4 nitrogen and oxygen atoms in total. The molecular weight excluding hydrogens is 396 g/mol. The van der Waals surface area contributed by atoms with Crippen LogP contribution in [0.1, 0.15) is 56.5 Å². The van der Waals surface area contributed by atoms with Crippen LogP contribution in [0.3, 0.4) is 0 Å². The molecule has 0 saturated heterocycles. The van der Waals surface area contributed by atoms with Crippen LogP contribution in [0.2, 0.25) is 0 Å². The predicted octanol–water partition coefficient (Wildman–Crippen LogP) is 5.92. The van der Waals surface area contributed by atoms with E-state index in [1.165, 1.54) is 13.3 Å². The van der Waals surface area contributed by atoms with E-state index < -0.39 is 13.1 Å². The lowest BCUT2D eigenvalue weighted by Gasteiger charge is -2.33. The third kappa shape index (κ3) is 4.21. The third-order valence-electron chi connectivity index (χ3n) is 6.47. The summed E-state index contributed by atoms with van der Waals surface area (Å²) in [5, 5.41) is 0.388. The van der Waals surface area contributed by atoms with Gasteiger partial charge < -0.3 is 4.90 Å². The van der Waals surface area contributed by atoms with Crippen molar-refractivity contribution >= 4 is 16.6 Å². The zero-order chi connectivity index (χ0) is 22.0. The molecule has 2 unspecified atom stereocenters. The Hall–Kier alpha value is -2.76. The molecule has 0 radical (unpaired) electrons. The summed E-state index contributed by atoms with van der Waals surface area (Å²) in [5.74, 6) is 1.01. The first-order valence-electron chi connectivity index (χ1n) is 11.1. The first-order chi connectivity index (χ1) is 15.0. The molecule has 2 aromatic carbocycles. The predicted molar refractivity (Wildman–Crippen MR) is 121 cm³/mol. The zero-order valence-corrected chi connectivity index (χ0v) is 18.1. The van der Waals surface area contributed by atoms with Crippen molar-refractivity contribution in [1.82, 2.24) is 9.55 Å². The second-order valence-electron chi connectivity index (χ2n) is 8.45. The highest BCUT2D eigenvalue weighted by molar-refractivity contribution is 5.82. The highest BCUT2D eigenvalue weighted by Crippen LogP contribution is 2.37. The van der Waals surface area contributed by atoms with E-state index in [-0.39, 0.29) is 11.6 Å². The van der Waals surface area contributed by atoms with E-state index >= 15 is 0 Å². The molecule has 1 aromatic heterocycles. The third-order valence-corrected chi connectivity index (χ3v) is 6.47. The molecule has 1 fully saturated rings. The summed E-state index contributed by atoms with van der Waals surface area (Å²) >= 11 is 0. The molecule has 6 heteroatoms. The summed E-state index contributed by atoms with van der Waals surface area (Å²) in [6.07, 6.45) is 4.19. The minimum atomic E-state index is -1.50. The smallest absolute Gasteiger partial charge is 0.262 e. The zero-order valence-electron chi connectivity index (χ0n) is 18.1. The molecule has 164 valence electrons. The van der Waals surface area contributed by atoms with Crippen LogP contribution < -0.4 is 10.5 Å². The molecule has 2 atom stereocenters. The SMILES string of the molecule is Cc1nc2ccc(N(CF)C(C)F)cc2c(=O)n1C(c1ccccc1)C1CCCCC1. The van der Waals surface area contributed by atoms with E-state index in [4.69, 9.17) is 4.98 Å². The van der Waals surface area contributed by atoms with Crippen molar-refractivity contribution in [2.45, 2.75) is 58.3 Å². The average molecular weight is 426 g/mol. The van der Waals surface area contributed by atoms with Gasteiger partial charge in [-0.15, -0.1) is 0 Å². The van der Waals surface area contributed by atoms with Crippen LogP contribution in [0.15, 0.2) is 53.3 Å². The van der Waals surface area contributed by atoms with E-state index in [9.17, 15) is 13.6 Å². The average Bonchev–Trinajstić information content (AvgIpc) is 2.78. The molecule has 3 aromatic rings. The first kappa shape index (κ1) is 21.5. The quantitative estimate of drug-likeness (QED) is 0.460. The van der Waals surface area contributed by atoms with Crippen molar-refractivity contribution in [3.63, 3.8) is 0 Å². The van der Waals surface area contributed by atoms with Crippen molar-refractivity contribution in [1.29, 1.82) is 0 Å². The van der Waals surface area contributed by atoms with E-state index in [0.29, 0.717) is 28.3 Å². The fourth-order valence-electron chi connectivity index (χ4n) is 4.91. The van der Waals surface area contributed by atoms with Crippen LogP contribution in [0.25, 0.3) is 10.9 Å². The number of fused-ring (bicyclic) bond motifs is 1. The molecule has 0 bridgehead atoms. The number of anilines is 1. The number of benzene rings is 2. The maximum absolute atomic E-state index is 13.9. The Morgan fingerprint density at radius 2 is 1.84 bits per heavy atom. The highest BCUT2D eigenvalue weighted by Gasteiger charge is 2.29. The normalized spacial score (nSPS) is 16.9. The van der Waals surface area contributed by atoms with Crippen LogP contribution in [0.4, 0.5) is 14.5 Å². The van der Waals surface area contributed by atoms with Gasteiger partial charge in [-0.3, -0.25) is 9.36 Å². The fourth-order valence-corrected chi connectivity index (χ4v) is 4.91. The molecule has 31 heavy (non-hydrogen) atoms. The molecule has 1 aliphatic carbocycles. The lowest BCUT2D eigenvalue weighted by Crippen LogP contribution is -2.34. The Kier molecular flexibility index (Phi) is 6.35. The maximum Gasteiger partial charge on any atom is 0.262 e. The second kappa shape index (κ2) is 9.16. The highest BCUT2D eigenvalue weighted by atomic mass is 19.1. The van der Waals surface area contributed by atoms with Crippen LogP contribution in [0.5, 0.6) is 0 Å². The van der Waals surface area contributed by atoms with Gasteiger partial charge in [0, 0.05) is 5.69 Å². The standard InChI is InChI=1S/C25H29F2N3O/c1-17(27)29(16-26)21-13-14-23-22(15-21)25(31)30(18(2)28-23)24(19-9-5-3-6-10-19)20-11-7-4-8-12-20/h3,5-6,9-10,13-15,17,20,24H,4,7-8,11-12,16H2,1-2H3. The van der Waals surface area contributed by atoms with Crippen LogP contribution in [-0.4, -0.2) is 22.6 Å². The number of aromatic nitrogens is 2. The summed E-state index contributed by atoms with van der Waals surface area (Å²) in [6.45, 7) is 2.18. The summed E-state index contributed by atoms with van der Waals surface area (Å²) in [7, 11) is 0. The monoisotopic (exact) mass is 425 g/mol. The molecule has 4 rings (SSSR count). The summed E-state index contributed by atoms with van der Waals surface area (Å²) in [5.41, 5.74) is 1.82. The minimum Gasteiger partial charge on any atom is -0.314 e. The van der Waals surface area contributed by atoms with Crippen molar-refractivity contribution in [3.05, 3.63) is 70.3 Å². The van der Waals surface area contributed by atoms with Gasteiger partial charge in [0.15, 0.2) is 13.1 Å². The lowest BCUT2D eigenvalue weighted by atomic mass is 9.81. The van der Waals surface area contributed by atoms with E-state index in [0.717, 1.165) is 36.1 Å². The number of halogens is 2. The van der Waals surface area contributed by atoms with Gasteiger partial charge in [-0.2, -0.15) is 0 Å². The minimum absolute atomic E-state index is 0.105. The Bertz CT molecular complexity index is 1090. The fraction of sp³-hybridized carbons (Fsp3) is 0.440. The van der Waals surface area contributed by atoms with Gasteiger partial charge >= 0.3 is 0 Å². The molecule has 1 saturated carbocycles. The van der Waals surface area contributed by atoms with E-state index in [1.54, 1.807) is 22.8 Å². The number of alkyl halides is 2. The van der Waals surface area contributed by atoms with Gasteiger partial charge in [-0.25, -0.2) is 13.8 Å². The topological polar surface area (TPSA) is 38.1 Å². The molecule has 0 amide bonds. The Morgan fingerprint density at radius 3 is 2.48 bits per heavy atom. The number of nitrogens with zero attached hydrogens (tertiary/aromatic N) is 3. The van der Waals surface area contributed by atoms with Gasteiger partial charge in [0.1, 0.15) is 5.82 Å². The van der Waals surface area contributed by atoms with Gasteiger partial charge in [0.25, 0.3) is 5.56 Å². The van der Waals surface area contributed by atoms with E-state index in [2.05, 4.69) is 12.1 Å². The van der Waals surface area contributed by atoms with Crippen molar-refractivity contribution in [3.8, 4) is 0 Å². The lowest BCUT2D eigenvalue weighted by molar-refractivity contribution is 0.272. The van der Waals surface area contributed by atoms with Crippen molar-refractivity contribution < 1.29 is 8.78 Å². The van der Waals surface area contributed by atoms with Gasteiger partial charge in [0.05, 0.1) is 16.9 Å². The summed E-state index contributed by atoms with van der Waals surface area (Å²) < 4.78 is 29.1. The largest absolute Gasteiger partial charge is 0.314 e. The Balaban J connectivity index is 1.90. The van der Waals surface area contributed by atoms with E-state index in [1.807, 2.05) is 25.1 Å². The number of hydrogen-bond donors (Lipinski definition) is 0. The molecular formula is C25H29F2N3O. The van der Waals surface area contributed by atoms with Crippen LogP contribution in [0, 0.1) is 12.8 Å². The molecule has 0 N–H and O–H groups in total. The van der Waals surface area contributed by atoms with Gasteiger partial charge in [-0.05, 0) is 56.4 Å². The van der Waals surface area contributed by atoms with Crippen LogP contribution in [-0.2, 0) is 0 Å². The van der Waals surface area contributed by atoms with Crippen molar-refractivity contribution in [2.24, 2.45) is 5.92 Å². The summed E-state index contributed by atoms with van der Waals surface area (Å²) in [6, 6.07) is 14.9. The molecule has 0 aliphatic heterocycles. The Morgan fingerprint density at radius 1 is 1.13 bits per heavy atom. The van der Waals surface area contributed by atoms with Gasteiger partial charge in [0.2, 0.25) is 0 Å². The number of hydrogen-bond acceptors (Lipinski definition) is 3. The summed E-state index contributed by atoms with van der Waals surface area (Å²) in [4.78, 5) is 19.4.